The van der Waals surface area contributed by atoms with Gasteiger partial charge in [-0.15, -0.1) is 0 Å². The van der Waals surface area contributed by atoms with Crippen molar-refractivity contribution in [2.45, 2.75) is 20.8 Å². The predicted molar refractivity (Wildman–Crippen MR) is 90.9 cm³/mol. The Morgan fingerprint density at radius 2 is 1.87 bits per heavy atom. The van der Waals surface area contributed by atoms with Crippen molar-refractivity contribution in [3.05, 3.63) is 29.8 Å². The quantitative estimate of drug-likeness (QED) is 0.736. The predicted octanol–water partition coefficient (Wildman–Crippen LogP) is 1.41. The van der Waals surface area contributed by atoms with E-state index in [0.29, 0.717) is 12.3 Å². The van der Waals surface area contributed by atoms with Crippen LogP contribution in [0.3, 0.4) is 0 Å². The molecular weight excluding hydrogens is 316 g/mol. The third-order valence-corrected chi connectivity index (χ3v) is 4.38. The zero-order chi connectivity index (χ0) is 17.5. The molecule has 23 heavy (non-hydrogen) atoms. The average molecular weight is 342 g/mol. The van der Waals surface area contributed by atoms with Gasteiger partial charge in [0.15, 0.2) is 6.61 Å². The normalized spacial score (nSPS) is 11.7. The van der Waals surface area contributed by atoms with Crippen LogP contribution < -0.4 is 10.1 Å². The van der Waals surface area contributed by atoms with Gasteiger partial charge in [0.2, 0.25) is 10.0 Å². The van der Waals surface area contributed by atoms with Crippen molar-refractivity contribution in [3.63, 3.8) is 0 Å². The average Bonchev–Trinajstić information content (AvgIpc) is 2.44. The highest BCUT2D eigenvalue weighted by Gasteiger charge is 2.17. The van der Waals surface area contributed by atoms with Gasteiger partial charge in [-0.3, -0.25) is 4.79 Å². The van der Waals surface area contributed by atoms with Gasteiger partial charge in [0.05, 0.1) is 6.26 Å². The number of sulfonamides is 1. The van der Waals surface area contributed by atoms with Gasteiger partial charge < -0.3 is 10.1 Å². The largest absolute Gasteiger partial charge is 0.484 e. The number of ether oxygens (including phenoxy) is 1. The first-order valence-corrected chi connectivity index (χ1v) is 9.44. The zero-order valence-electron chi connectivity index (χ0n) is 14.2. The van der Waals surface area contributed by atoms with Gasteiger partial charge in [0.1, 0.15) is 5.75 Å². The van der Waals surface area contributed by atoms with Crippen molar-refractivity contribution in [1.82, 2.24) is 9.62 Å². The summed E-state index contributed by atoms with van der Waals surface area (Å²) in [5.74, 6) is 0.581. The minimum Gasteiger partial charge on any atom is -0.484 e. The van der Waals surface area contributed by atoms with E-state index in [-0.39, 0.29) is 31.5 Å². The number of nitrogens with zero attached hydrogens (tertiary/aromatic N) is 1. The molecule has 0 saturated heterocycles. The number of carbonyl (C=O) groups is 1. The lowest BCUT2D eigenvalue weighted by Crippen LogP contribution is -2.40. The fourth-order valence-electron chi connectivity index (χ4n) is 1.95. The highest BCUT2D eigenvalue weighted by atomic mass is 32.2. The Bertz CT molecular complexity index is 597. The lowest BCUT2D eigenvalue weighted by Gasteiger charge is -2.22. The van der Waals surface area contributed by atoms with Crippen molar-refractivity contribution in [3.8, 4) is 5.75 Å². The van der Waals surface area contributed by atoms with E-state index >= 15 is 0 Å². The topological polar surface area (TPSA) is 75.7 Å². The van der Waals surface area contributed by atoms with E-state index < -0.39 is 10.0 Å². The third-order valence-electron chi connectivity index (χ3n) is 3.11. The number of nitrogens with one attached hydrogen (secondary N) is 1. The molecule has 1 N–H and O–H groups in total. The molecule has 0 aliphatic rings. The van der Waals surface area contributed by atoms with Crippen LogP contribution in [0.2, 0.25) is 0 Å². The van der Waals surface area contributed by atoms with Gasteiger partial charge in [-0.05, 0) is 25.0 Å². The maximum Gasteiger partial charge on any atom is 0.257 e. The van der Waals surface area contributed by atoms with Crippen LogP contribution in [0.5, 0.6) is 5.75 Å². The number of carbonyl (C=O) groups excluding carboxylic acids is 1. The molecular formula is C16H26N2O4S. The molecule has 0 radical (unpaired) electrons. The standard InChI is InChI=1S/C16H26N2O4S/c1-13(2)11-18(23(4,20)21)10-9-17-16(19)12-22-15-7-5-14(3)6-8-15/h5-8,13H,9-12H2,1-4H3,(H,17,19). The molecule has 0 bridgehead atoms. The lowest BCUT2D eigenvalue weighted by atomic mass is 10.2. The molecule has 0 unspecified atom stereocenters. The van der Waals surface area contributed by atoms with Gasteiger partial charge in [0, 0.05) is 19.6 Å². The molecule has 1 aromatic rings. The summed E-state index contributed by atoms with van der Waals surface area (Å²) in [6.45, 7) is 6.74. The molecule has 0 fully saturated rings. The lowest BCUT2D eigenvalue weighted by molar-refractivity contribution is -0.123. The molecule has 7 heteroatoms. The maximum atomic E-state index is 11.7. The number of hydrogen-bond acceptors (Lipinski definition) is 4. The summed E-state index contributed by atoms with van der Waals surface area (Å²) >= 11 is 0. The van der Waals surface area contributed by atoms with Gasteiger partial charge in [0.25, 0.3) is 5.91 Å². The number of benzene rings is 1. The first kappa shape index (κ1) is 19.4. The van der Waals surface area contributed by atoms with Gasteiger partial charge in [-0.1, -0.05) is 31.5 Å². The molecule has 0 saturated carbocycles. The summed E-state index contributed by atoms with van der Waals surface area (Å²) < 4.78 is 30.1. The second-order valence-corrected chi connectivity index (χ2v) is 7.95. The molecule has 0 aromatic heterocycles. The Morgan fingerprint density at radius 1 is 1.26 bits per heavy atom. The Morgan fingerprint density at radius 3 is 2.39 bits per heavy atom. The van der Waals surface area contributed by atoms with E-state index in [4.69, 9.17) is 4.74 Å². The minimum absolute atomic E-state index is 0.0912. The van der Waals surface area contributed by atoms with Crippen LogP contribution in [0.25, 0.3) is 0 Å². The van der Waals surface area contributed by atoms with Crippen LogP contribution >= 0.6 is 0 Å². The fourth-order valence-corrected chi connectivity index (χ4v) is 2.95. The van der Waals surface area contributed by atoms with Crippen molar-refractivity contribution < 1.29 is 17.9 Å². The van der Waals surface area contributed by atoms with Gasteiger partial charge >= 0.3 is 0 Å². The van der Waals surface area contributed by atoms with E-state index in [0.717, 1.165) is 5.56 Å². The van der Waals surface area contributed by atoms with Crippen molar-refractivity contribution in [2.24, 2.45) is 5.92 Å². The molecule has 0 heterocycles. The molecule has 0 atom stereocenters. The smallest absolute Gasteiger partial charge is 0.257 e. The molecule has 0 spiro atoms. The Balaban J connectivity index is 2.35. The fraction of sp³-hybridized carbons (Fsp3) is 0.562. The highest BCUT2D eigenvalue weighted by Crippen LogP contribution is 2.10. The molecule has 1 aromatic carbocycles. The monoisotopic (exact) mass is 342 g/mol. The summed E-state index contributed by atoms with van der Waals surface area (Å²) in [7, 11) is -3.27. The van der Waals surface area contributed by atoms with E-state index in [1.807, 2.05) is 32.9 Å². The van der Waals surface area contributed by atoms with Crippen LogP contribution in [-0.2, 0) is 14.8 Å². The van der Waals surface area contributed by atoms with Gasteiger partial charge in [-0.25, -0.2) is 12.7 Å². The van der Waals surface area contributed by atoms with Crippen LogP contribution in [0.15, 0.2) is 24.3 Å². The molecule has 1 amide bonds. The molecule has 130 valence electrons. The van der Waals surface area contributed by atoms with E-state index in [1.165, 1.54) is 10.6 Å². The Labute approximate surface area is 138 Å². The van der Waals surface area contributed by atoms with Gasteiger partial charge in [-0.2, -0.15) is 0 Å². The van der Waals surface area contributed by atoms with Crippen molar-refractivity contribution >= 4 is 15.9 Å². The minimum atomic E-state index is -3.27. The molecule has 6 nitrogen and oxygen atoms in total. The van der Waals surface area contributed by atoms with Crippen LogP contribution in [-0.4, -0.2) is 51.1 Å². The second-order valence-electron chi connectivity index (χ2n) is 5.97. The number of hydrogen-bond donors (Lipinski definition) is 1. The first-order chi connectivity index (χ1) is 10.7. The Kier molecular flexibility index (Phi) is 7.51. The summed E-state index contributed by atoms with van der Waals surface area (Å²) in [5, 5.41) is 2.67. The van der Waals surface area contributed by atoms with Crippen molar-refractivity contribution in [2.75, 3.05) is 32.5 Å². The summed E-state index contributed by atoms with van der Waals surface area (Å²) in [5.41, 5.74) is 1.12. The molecule has 0 aliphatic carbocycles. The van der Waals surface area contributed by atoms with Crippen molar-refractivity contribution in [1.29, 1.82) is 0 Å². The third kappa shape index (κ3) is 7.99. The van der Waals surface area contributed by atoms with Crippen LogP contribution in [0.1, 0.15) is 19.4 Å². The first-order valence-electron chi connectivity index (χ1n) is 7.59. The highest BCUT2D eigenvalue weighted by molar-refractivity contribution is 7.88. The molecule has 1 rings (SSSR count). The Hall–Kier alpha value is -1.60. The number of aryl methyl sites for hydroxylation is 1. The number of rotatable bonds is 9. The summed E-state index contributed by atoms with van der Waals surface area (Å²) in [4.78, 5) is 11.7. The van der Waals surface area contributed by atoms with E-state index in [9.17, 15) is 13.2 Å². The summed E-state index contributed by atoms with van der Waals surface area (Å²) in [6, 6.07) is 7.42. The second kappa shape index (κ2) is 8.88. The van der Waals surface area contributed by atoms with Crippen LogP contribution in [0, 0.1) is 12.8 Å². The summed E-state index contributed by atoms with van der Waals surface area (Å²) in [6.07, 6.45) is 1.18. The van der Waals surface area contributed by atoms with E-state index in [1.54, 1.807) is 12.1 Å². The van der Waals surface area contributed by atoms with Crippen LogP contribution in [0.4, 0.5) is 0 Å². The zero-order valence-corrected chi connectivity index (χ0v) is 15.0. The number of amides is 1. The van der Waals surface area contributed by atoms with E-state index in [2.05, 4.69) is 5.32 Å². The SMILES string of the molecule is Cc1ccc(OCC(=O)NCCN(CC(C)C)S(C)(=O)=O)cc1. The maximum absolute atomic E-state index is 11.7. The molecule has 0 aliphatic heterocycles.